The monoisotopic (exact) mass is 229 g/mol. The van der Waals surface area contributed by atoms with Gasteiger partial charge < -0.3 is 4.90 Å². The Bertz CT molecular complexity index is 429. The molecule has 1 aliphatic carbocycles. The fraction of sp³-hybridized carbons (Fsp3) is 0.600. The Morgan fingerprint density at radius 1 is 1.62 bits per heavy atom. The maximum Gasteiger partial charge on any atom is 0.263 e. The molecule has 1 amide bonds. The minimum Gasteiger partial charge on any atom is -0.312 e. The maximum absolute atomic E-state index is 13.1. The van der Waals surface area contributed by atoms with Crippen molar-refractivity contribution in [2.24, 2.45) is 18.9 Å². The van der Waals surface area contributed by atoms with Gasteiger partial charge in [-0.25, -0.2) is 8.78 Å². The molecule has 2 unspecified atom stereocenters. The molecule has 0 radical (unpaired) electrons. The van der Waals surface area contributed by atoms with E-state index in [0.717, 1.165) is 0 Å². The summed E-state index contributed by atoms with van der Waals surface area (Å²) in [5.74, 6) is -5.45. The first kappa shape index (κ1) is 11.0. The zero-order valence-corrected chi connectivity index (χ0v) is 9.32. The van der Waals surface area contributed by atoms with Crippen molar-refractivity contribution in [2.45, 2.75) is 12.8 Å². The average molecular weight is 229 g/mol. The van der Waals surface area contributed by atoms with Crippen molar-refractivity contribution in [3.63, 3.8) is 0 Å². The zero-order chi connectivity index (χ0) is 12.1. The summed E-state index contributed by atoms with van der Waals surface area (Å²) >= 11 is 0. The first-order valence-electron chi connectivity index (χ1n) is 4.99. The largest absolute Gasteiger partial charge is 0.312 e. The molecule has 1 aromatic heterocycles. The van der Waals surface area contributed by atoms with Gasteiger partial charge in [0.15, 0.2) is 0 Å². The Morgan fingerprint density at radius 3 is 2.56 bits per heavy atom. The molecule has 2 rings (SSSR count). The first-order valence-corrected chi connectivity index (χ1v) is 4.99. The number of hydrogen-bond donors (Lipinski definition) is 0. The van der Waals surface area contributed by atoms with Crippen molar-refractivity contribution in [3.05, 3.63) is 12.4 Å². The Hall–Kier alpha value is -1.46. The highest BCUT2D eigenvalue weighted by atomic mass is 19.3. The highest BCUT2D eigenvalue weighted by Gasteiger charge is 2.69. The van der Waals surface area contributed by atoms with Gasteiger partial charge in [0, 0.05) is 26.2 Å². The number of aryl methyl sites for hydroxylation is 1. The lowest BCUT2D eigenvalue weighted by atomic mass is 10.3. The van der Waals surface area contributed by atoms with E-state index >= 15 is 0 Å². The van der Waals surface area contributed by atoms with E-state index in [1.54, 1.807) is 13.2 Å². The summed E-state index contributed by atoms with van der Waals surface area (Å²) in [6.07, 6.45) is 3.09. The van der Waals surface area contributed by atoms with Gasteiger partial charge in [0.1, 0.15) is 5.92 Å². The minimum absolute atomic E-state index is 0.530. The third-order valence-corrected chi connectivity index (χ3v) is 3.09. The van der Waals surface area contributed by atoms with Crippen molar-refractivity contribution >= 4 is 11.6 Å². The molecule has 0 saturated heterocycles. The highest BCUT2D eigenvalue weighted by molar-refractivity contribution is 5.97. The molecule has 1 aliphatic rings. The van der Waals surface area contributed by atoms with Crippen LogP contribution in [0.1, 0.15) is 6.92 Å². The number of amides is 1. The van der Waals surface area contributed by atoms with Gasteiger partial charge in [0.25, 0.3) is 5.92 Å². The van der Waals surface area contributed by atoms with Crippen molar-refractivity contribution in [2.75, 3.05) is 11.9 Å². The van der Waals surface area contributed by atoms with Crippen molar-refractivity contribution in [1.82, 2.24) is 9.78 Å². The lowest BCUT2D eigenvalue weighted by Crippen LogP contribution is -2.29. The lowest BCUT2D eigenvalue weighted by Gasteiger charge is -2.14. The molecule has 0 bridgehead atoms. The Balaban J connectivity index is 2.12. The lowest BCUT2D eigenvalue weighted by molar-refractivity contribution is -0.121. The molecule has 1 aromatic rings. The second kappa shape index (κ2) is 3.26. The van der Waals surface area contributed by atoms with Gasteiger partial charge in [-0.15, -0.1) is 0 Å². The number of nitrogens with zero attached hydrogens (tertiary/aromatic N) is 3. The predicted octanol–water partition coefficient (Wildman–Crippen LogP) is 1.28. The second-order valence-corrected chi connectivity index (χ2v) is 4.21. The molecule has 1 fully saturated rings. The van der Waals surface area contributed by atoms with Crippen molar-refractivity contribution < 1.29 is 13.6 Å². The van der Waals surface area contributed by atoms with E-state index in [0.29, 0.717) is 5.69 Å². The van der Waals surface area contributed by atoms with E-state index in [1.165, 1.54) is 29.7 Å². The molecular weight excluding hydrogens is 216 g/mol. The topological polar surface area (TPSA) is 38.1 Å². The van der Waals surface area contributed by atoms with Gasteiger partial charge in [-0.2, -0.15) is 5.10 Å². The third kappa shape index (κ3) is 1.48. The Labute approximate surface area is 91.8 Å². The number of alkyl halides is 2. The normalized spacial score (nSPS) is 26.6. The second-order valence-electron chi connectivity index (χ2n) is 4.21. The van der Waals surface area contributed by atoms with E-state index < -0.39 is 23.7 Å². The number of hydrogen-bond acceptors (Lipinski definition) is 2. The molecule has 0 aromatic carbocycles. The van der Waals surface area contributed by atoms with Crippen LogP contribution in [0.5, 0.6) is 0 Å². The molecular formula is C10H13F2N3O. The molecule has 16 heavy (non-hydrogen) atoms. The van der Waals surface area contributed by atoms with Gasteiger partial charge >= 0.3 is 0 Å². The molecule has 4 nitrogen and oxygen atoms in total. The van der Waals surface area contributed by atoms with Crippen molar-refractivity contribution in [3.8, 4) is 0 Å². The fourth-order valence-corrected chi connectivity index (χ4v) is 1.78. The molecule has 0 spiro atoms. The molecule has 1 saturated carbocycles. The van der Waals surface area contributed by atoms with Gasteiger partial charge in [0.2, 0.25) is 5.91 Å². The quantitative estimate of drug-likeness (QED) is 0.766. The highest BCUT2D eigenvalue weighted by Crippen LogP contribution is 2.55. The molecule has 0 N–H and O–H groups in total. The van der Waals surface area contributed by atoms with E-state index in [9.17, 15) is 13.6 Å². The maximum atomic E-state index is 13.1. The van der Waals surface area contributed by atoms with Gasteiger partial charge in [-0.3, -0.25) is 9.48 Å². The van der Waals surface area contributed by atoms with Crippen LogP contribution in [0.2, 0.25) is 0 Å². The standard InChI is InChI=1S/C10H13F2N3O/c1-6-8(10(6,11)12)9(16)15(3)7-4-13-14(2)5-7/h4-6,8H,1-3H3. The van der Waals surface area contributed by atoms with E-state index in [2.05, 4.69) is 5.10 Å². The SMILES string of the molecule is CC1C(C(=O)N(C)c2cnn(C)c2)C1(F)F. The molecule has 0 aliphatic heterocycles. The summed E-state index contributed by atoms with van der Waals surface area (Å²) < 4.78 is 27.6. The van der Waals surface area contributed by atoms with E-state index in [4.69, 9.17) is 0 Å². The number of carbonyl (C=O) groups is 1. The minimum atomic E-state index is -2.85. The van der Waals surface area contributed by atoms with Gasteiger partial charge in [0.05, 0.1) is 11.9 Å². The zero-order valence-electron chi connectivity index (χ0n) is 9.32. The van der Waals surface area contributed by atoms with Crippen LogP contribution in [0, 0.1) is 11.8 Å². The van der Waals surface area contributed by atoms with Crippen LogP contribution in [-0.2, 0) is 11.8 Å². The summed E-state index contributed by atoms with van der Waals surface area (Å²) in [5, 5.41) is 3.89. The Kier molecular flexibility index (Phi) is 2.25. The molecule has 88 valence electrons. The van der Waals surface area contributed by atoms with Crippen LogP contribution in [-0.4, -0.2) is 28.7 Å². The van der Waals surface area contributed by atoms with Gasteiger partial charge in [-0.05, 0) is 0 Å². The summed E-state index contributed by atoms with van der Waals surface area (Å²) in [7, 11) is 3.19. The van der Waals surface area contributed by atoms with Crippen LogP contribution in [0.25, 0.3) is 0 Å². The van der Waals surface area contributed by atoms with Crippen LogP contribution in [0.15, 0.2) is 12.4 Å². The average Bonchev–Trinajstić information content (AvgIpc) is 2.60. The van der Waals surface area contributed by atoms with E-state index in [1.807, 2.05) is 0 Å². The molecule has 1 heterocycles. The summed E-state index contributed by atoms with van der Waals surface area (Å²) in [4.78, 5) is 13.0. The fourth-order valence-electron chi connectivity index (χ4n) is 1.78. The van der Waals surface area contributed by atoms with Crippen LogP contribution in [0.3, 0.4) is 0 Å². The Morgan fingerprint density at radius 2 is 2.19 bits per heavy atom. The predicted molar refractivity (Wildman–Crippen MR) is 54.2 cm³/mol. The number of halogens is 2. The summed E-state index contributed by atoms with van der Waals surface area (Å²) in [6.45, 7) is 1.39. The van der Waals surface area contributed by atoms with Crippen LogP contribution in [0.4, 0.5) is 14.5 Å². The summed E-state index contributed by atoms with van der Waals surface area (Å²) in [5.41, 5.74) is 0.530. The number of rotatable bonds is 2. The van der Waals surface area contributed by atoms with Crippen LogP contribution >= 0.6 is 0 Å². The summed E-state index contributed by atoms with van der Waals surface area (Å²) in [6, 6.07) is 0. The van der Waals surface area contributed by atoms with Gasteiger partial charge in [-0.1, -0.05) is 6.92 Å². The number of anilines is 1. The third-order valence-electron chi connectivity index (χ3n) is 3.09. The number of carbonyl (C=O) groups excluding carboxylic acids is 1. The van der Waals surface area contributed by atoms with Crippen LogP contribution < -0.4 is 4.90 Å². The number of aromatic nitrogens is 2. The first-order chi connectivity index (χ1) is 7.35. The molecule has 6 heteroatoms. The smallest absolute Gasteiger partial charge is 0.263 e. The molecule has 2 atom stereocenters. The van der Waals surface area contributed by atoms with E-state index in [-0.39, 0.29) is 0 Å². The van der Waals surface area contributed by atoms with Crippen molar-refractivity contribution in [1.29, 1.82) is 0 Å².